The number of carbonyl (C=O) groups excluding carboxylic acids is 1. The van der Waals surface area contributed by atoms with E-state index in [0.717, 1.165) is 11.8 Å². The maximum Gasteiger partial charge on any atom is 0.238 e. The average molecular weight is 465 g/mol. The monoisotopic (exact) mass is 465 g/mol. The molecule has 3 aromatic heterocycles. The van der Waals surface area contributed by atoms with Crippen LogP contribution in [0, 0.1) is 23.3 Å². The van der Waals surface area contributed by atoms with Gasteiger partial charge in [0.2, 0.25) is 5.91 Å². The Morgan fingerprint density at radius 1 is 1.09 bits per heavy atom. The number of nitrogens with one attached hydrogen (secondary N) is 2. The van der Waals surface area contributed by atoms with Crippen LogP contribution in [0.3, 0.4) is 0 Å². The van der Waals surface area contributed by atoms with Crippen molar-refractivity contribution in [3.8, 4) is 22.9 Å². The number of benzene rings is 1. The maximum absolute atomic E-state index is 13.9. The number of halogens is 4. The molecule has 0 aliphatic rings. The highest BCUT2D eigenvalue weighted by molar-refractivity contribution is 8.00. The van der Waals surface area contributed by atoms with E-state index >= 15 is 0 Å². The van der Waals surface area contributed by atoms with Gasteiger partial charge in [0.15, 0.2) is 39.9 Å². The second-order valence-corrected chi connectivity index (χ2v) is 7.76. The molecule has 4 aromatic rings. The van der Waals surface area contributed by atoms with E-state index in [1.165, 1.54) is 12.5 Å². The van der Waals surface area contributed by atoms with Crippen molar-refractivity contribution >= 4 is 23.4 Å². The van der Waals surface area contributed by atoms with Gasteiger partial charge in [0.1, 0.15) is 17.1 Å². The van der Waals surface area contributed by atoms with Crippen LogP contribution in [0.25, 0.3) is 22.9 Å². The van der Waals surface area contributed by atoms with Crippen LogP contribution in [0.1, 0.15) is 13.3 Å². The van der Waals surface area contributed by atoms with Gasteiger partial charge in [-0.3, -0.25) is 4.79 Å². The largest absolute Gasteiger partial charge is 0.463 e. The van der Waals surface area contributed by atoms with Gasteiger partial charge in [-0.2, -0.15) is 0 Å². The molecule has 0 aliphatic heterocycles. The summed E-state index contributed by atoms with van der Waals surface area (Å²) in [6.07, 6.45) is 3.19. The molecule has 166 valence electrons. The molecule has 1 amide bonds. The molecule has 1 unspecified atom stereocenters. The molecule has 0 radical (unpaired) electrons. The van der Waals surface area contributed by atoms with Gasteiger partial charge in [-0.25, -0.2) is 22.5 Å². The van der Waals surface area contributed by atoms with Gasteiger partial charge >= 0.3 is 0 Å². The summed E-state index contributed by atoms with van der Waals surface area (Å²) in [5.74, 6) is -6.51. The lowest BCUT2D eigenvalue weighted by Gasteiger charge is -2.14. The normalized spacial score (nSPS) is 12.2. The van der Waals surface area contributed by atoms with Crippen LogP contribution in [0.15, 0.2) is 56.8 Å². The summed E-state index contributed by atoms with van der Waals surface area (Å²) in [6, 6.07) is 6.86. The van der Waals surface area contributed by atoms with Crippen molar-refractivity contribution in [1.29, 1.82) is 0 Å². The highest BCUT2D eigenvalue weighted by Gasteiger charge is 2.27. The van der Waals surface area contributed by atoms with Crippen LogP contribution in [0.2, 0.25) is 0 Å². The highest BCUT2D eigenvalue weighted by atomic mass is 32.2. The number of nitrogens with zero attached hydrogens (tertiary/aromatic N) is 1. The van der Waals surface area contributed by atoms with E-state index in [1.807, 2.05) is 5.32 Å². The van der Waals surface area contributed by atoms with E-state index in [4.69, 9.17) is 8.83 Å². The molecule has 11 heteroatoms. The number of imidazole rings is 1. The number of furan rings is 2. The first-order chi connectivity index (χ1) is 15.4. The fraction of sp³-hybridized carbons (Fsp3) is 0.143. The minimum Gasteiger partial charge on any atom is -0.463 e. The first-order valence-corrected chi connectivity index (χ1v) is 10.2. The van der Waals surface area contributed by atoms with Crippen molar-refractivity contribution in [2.75, 3.05) is 5.32 Å². The fourth-order valence-corrected chi connectivity index (χ4v) is 3.85. The number of amides is 1. The van der Waals surface area contributed by atoms with Crippen LogP contribution < -0.4 is 5.32 Å². The van der Waals surface area contributed by atoms with E-state index in [9.17, 15) is 22.4 Å². The van der Waals surface area contributed by atoms with Gasteiger partial charge in [-0.1, -0.05) is 18.7 Å². The van der Waals surface area contributed by atoms with Gasteiger partial charge in [-0.05, 0) is 30.7 Å². The lowest BCUT2D eigenvalue weighted by Crippen LogP contribution is -2.26. The van der Waals surface area contributed by atoms with E-state index in [2.05, 4.69) is 9.97 Å². The Balaban J connectivity index is 1.61. The molecule has 0 bridgehead atoms. The Bertz CT molecular complexity index is 1160. The van der Waals surface area contributed by atoms with Crippen molar-refractivity contribution in [1.82, 2.24) is 9.97 Å². The Hall–Kier alpha value is -3.47. The molecule has 3 heterocycles. The third-order valence-corrected chi connectivity index (χ3v) is 5.73. The van der Waals surface area contributed by atoms with E-state index in [-0.39, 0.29) is 12.5 Å². The van der Waals surface area contributed by atoms with Crippen LogP contribution >= 0.6 is 11.8 Å². The lowest BCUT2D eigenvalue weighted by atomic mass is 10.2. The summed E-state index contributed by atoms with van der Waals surface area (Å²) >= 11 is 0.971. The summed E-state index contributed by atoms with van der Waals surface area (Å²) in [5, 5.41) is 1.35. The van der Waals surface area contributed by atoms with Crippen molar-refractivity contribution in [2.45, 2.75) is 23.8 Å². The quantitative estimate of drug-likeness (QED) is 0.199. The van der Waals surface area contributed by atoms with E-state index in [1.54, 1.807) is 31.2 Å². The molecule has 2 N–H and O–H groups in total. The molecule has 0 saturated carbocycles. The number of carbonyl (C=O) groups is 1. The van der Waals surface area contributed by atoms with Gasteiger partial charge in [0, 0.05) is 6.07 Å². The molecule has 4 rings (SSSR count). The number of rotatable bonds is 7. The van der Waals surface area contributed by atoms with Crippen molar-refractivity contribution < 1.29 is 31.2 Å². The minimum atomic E-state index is -1.68. The number of H-pyrrole nitrogens is 1. The first kappa shape index (κ1) is 21.8. The smallest absolute Gasteiger partial charge is 0.238 e. The Morgan fingerprint density at radius 2 is 1.72 bits per heavy atom. The molecule has 0 spiro atoms. The van der Waals surface area contributed by atoms with E-state index in [0.29, 0.717) is 28.1 Å². The predicted molar refractivity (Wildman–Crippen MR) is 109 cm³/mol. The summed E-state index contributed by atoms with van der Waals surface area (Å²) in [4.78, 5) is 20.1. The zero-order chi connectivity index (χ0) is 22.8. The van der Waals surface area contributed by atoms with Crippen molar-refractivity contribution in [3.05, 3.63) is 66.1 Å². The van der Waals surface area contributed by atoms with Gasteiger partial charge < -0.3 is 19.1 Å². The topological polar surface area (TPSA) is 84.1 Å². The summed E-state index contributed by atoms with van der Waals surface area (Å²) < 4.78 is 65.6. The van der Waals surface area contributed by atoms with Crippen LogP contribution in [-0.2, 0) is 4.79 Å². The maximum atomic E-state index is 13.9. The second-order valence-electron chi connectivity index (χ2n) is 6.57. The molecule has 6 nitrogen and oxygen atoms in total. The molecule has 1 aromatic carbocycles. The molecular formula is C21H15F4N3O3S. The zero-order valence-corrected chi connectivity index (χ0v) is 17.2. The van der Waals surface area contributed by atoms with E-state index < -0.39 is 40.1 Å². The van der Waals surface area contributed by atoms with Crippen molar-refractivity contribution in [3.63, 3.8) is 0 Å². The number of hydrogen-bond acceptors (Lipinski definition) is 5. The number of hydrogen-bond donors (Lipinski definition) is 2. The third kappa shape index (κ3) is 4.15. The van der Waals surface area contributed by atoms with Crippen molar-refractivity contribution in [2.24, 2.45) is 0 Å². The third-order valence-electron chi connectivity index (χ3n) is 4.48. The van der Waals surface area contributed by atoms with Gasteiger partial charge in [0.25, 0.3) is 0 Å². The highest BCUT2D eigenvalue weighted by Crippen LogP contribution is 2.35. The number of thioether (sulfide) groups is 1. The lowest BCUT2D eigenvalue weighted by molar-refractivity contribution is -0.115. The molecule has 0 aliphatic carbocycles. The first-order valence-electron chi connectivity index (χ1n) is 9.37. The second kappa shape index (κ2) is 8.95. The molecular weight excluding hydrogens is 450 g/mol. The Kier molecular flexibility index (Phi) is 6.08. The fourth-order valence-electron chi connectivity index (χ4n) is 2.94. The van der Waals surface area contributed by atoms with Crippen LogP contribution in [-0.4, -0.2) is 21.1 Å². The Morgan fingerprint density at radius 3 is 2.28 bits per heavy atom. The standard InChI is InChI=1S/C21H15F4N3O3S/c1-2-14(20(29)26-19-15(24)10(22)9-11(23)16(19)25)32-21-27-17(12-5-3-7-30-12)18(28-21)13-6-4-8-31-13/h3-9,14H,2H2,1H3,(H,26,29)(H,27,28). The summed E-state index contributed by atoms with van der Waals surface area (Å²) in [5.41, 5.74) is -0.238. The number of aromatic amines is 1. The van der Waals surface area contributed by atoms with Gasteiger partial charge in [0.05, 0.1) is 17.8 Å². The molecule has 0 fully saturated rings. The molecule has 0 saturated heterocycles. The number of aromatic nitrogens is 2. The minimum absolute atomic E-state index is 0.0710. The summed E-state index contributed by atoms with van der Waals surface area (Å²) in [7, 11) is 0. The molecule has 32 heavy (non-hydrogen) atoms. The Labute approximate surface area is 183 Å². The van der Waals surface area contributed by atoms with Crippen LogP contribution in [0.4, 0.5) is 23.2 Å². The SMILES string of the molecule is CCC(Sc1nc(-c2ccco2)c(-c2ccco2)[nH]1)C(=O)Nc1c(F)c(F)cc(F)c1F. The molecule has 1 atom stereocenters. The number of anilines is 1. The summed E-state index contributed by atoms with van der Waals surface area (Å²) in [6.45, 7) is 1.67. The predicted octanol–water partition coefficient (Wildman–Crippen LogP) is 6.00. The van der Waals surface area contributed by atoms with Gasteiger partial charge in [-0.15, -0.1) is 0 Å². The zero-order valence-electron chi connectivity index (χ0n) is 16.4. The van der Waals surface area contributed by atoms with Crippen LogP contribution in [0.5, 0.6) is 0 Å². The average Bonchev–Trinajstić information content (AvgIpc) is 3.53.